The van der Waals surface area contributed by atoms with Crippen LogP contribution in [0.15, 0.2) is 23.1 Å². The van der Waals surface area contributed by atoms with Crippen molar-refractivity contribution in [2.24, 2.45) is 0 Å². The first kappa shape index (κ1) is 12.4. The van der Waals surface area contributed by atoms with Gasteiger partial charge in [-0.05, 0) is 36.6 Å². The van der Waals surface area contributed by atoms with Crippen LogP contribution in [-0.2, 0) is 9.84 Å². The van der Waals surface area contributed by atoms with Crippen LogP contribution in [-0.4, -0.2) is 34.9 Å². The number of sulfone groups is 1. The highest BCUT2D eigenvalue weighted by Crippen LogP contribution is 2.31. The van der Waals surface area contributed by atoms with Gasteiger partial charge in [0.05, 0.1) is 12.0 Å². The summed E-state index contributed by atoms with van der Waals surface area (Å²) >= 11 is 0. The van der Waals surface area contributed by atoms with Crippen LogP contribution in [0.25, 0.3) is 0 Å². The third kappa shape index (κ3) is 2.61. The first-order chi connectivity index (χ1) is 8.02. The predicted molar refractivity (Wildman–Crippen MR) is 66.3 cm³/mol. The van der Waals surface area contributed by atoms with E-state index in [-0.39, 0.29) is 5.92 Å². The smallest absolute Gasteiger partial charge is 0.175 e. The summed E-state index contributed by atoms with van der Waals surface area (Å²) < 4.78 is 28.7. The highest BCUT2D eigenvalue weighted by atomic mass is 32.2. The summed E-state index contributed by atoms with van der Waals surface area (Å²) in [5.74, 6) is 0.866. The second-order valence-electron chi connectivity index (χ2n) is 4.37. The molecule has 94 valence electrons. The van der Waals surface area contributed by atoms with Gasteiger partial charge in [-0.25, -0.2) is 8.42 Å². The third-order valence-electron chi connectivity index (χ3n) is 3.12. The maximum Gasteiger partial charge on any atom is 0.175 e. The SMILES string of the molecule is COc1ccc(C2CCNC2)c(S(C)(=O)=O)c1. The lowest BCUT2D eigenvalue weighted by Crippen LogP contribution is -2.11. The van der Waals surface area contributed by atoms with Crippen molar-refractivity contribution >= 4 is 9.84 Å². The molecule has 0 radical (unpaired) electrons. The van der Waals surface area contributed by atoms with E-state index >= 15 is 0 Å². The zero-order valence-electron chi connectivity index (χ0n) is 10.1. The topological polar surface area (TPSA) is 55.4 Å². The molecule has 1 heterocycles. The molecule has 0 bridgehead atoms. The Kier molecular flexibility index (Phi) is 3.40. The van der Waals surface area contributed by atoms with Crippen molar-refractivity contribution in [1.82, 2.24) is 5.32 Å². The highest BCUT2D eigenvalue weighted by molar-refractivity contribution is 7.90. The summed E-state index contributed by atoms with van der Waals surface area (Å²) in [4.78, 5) is 0.394. The average molecular weight is 255 g/mol. The molecule has 1 N–H and O–H groups in total. The van der Waals surface area contributed by atoms with E-state index in [0.29, 0.717) is 10.6 Å². The van der Waals surface area contributed by atoms with Crippen LogP contribution in [0.4, 0.5) is 0 Å². The molecule has 1 fully saturated rings. The molecule has 4 nitrogen and oxygen atoms in total. The van der Waals surface area contributed by atoms with E-state index in [0.717, 1.165) is 25.1 Å². The highest BCUT2D eigenvalue weighted by Gasteiger charge is 2.23. The van der Waals surface area contributed by atoms with Gasteiger partial charge in [0, 0.05) is 12.8 Å². The van der Waals surface area contributed by atoms with Crippen molar-refractivity contribution < 1.29 is 13.2 Å². The van der Waals surface area contributed by atoms with Crippen LogP contribution in [0, 0.1) is 0 Å². The van der Waals surface area contributed by atoms with Gasteiger partial charge >= 0.3 is 0 Å². The van der Waals surface area contributed by atoms with Crippen LogP contribution in [0.1, 0.15) is 17.9 Å². The lowest BCUT2D eigenvalue weighted by Gasteiger charge is -2.14. The molecular formula is C12H17NO3S. The fourth-order valence-electron chi connectivity index (χ4n) is 2.22. The maximum absolute atomic E-state index is 11.8. The lowest BCUT2D eigenvalue weighted by atomic mass is 9.98. The monoisotopic (exact) mass is 255 g/mol. The van der Waals surface area contributed by atoms with Crippen LogP contribution in [0.3, 0.4) is 0 Å². The van der Waals surface area contributed by atoms with Gasteiger partial charge in [0.1, 0.15) is 5.75 Å². The molecule has 0 amide bonds. The van der Waals surface area contributed by atoms with Gasteiger partial charge in [-0.3, -0.25) is 0 Å². The van der Waals surface area contributed by atoms with Crippen molar-refractivity contribution in [2.75, 3.05) is 26.5 Å². The number of benzene rings is 1. The number of hydrogen-bond acceptors (Lipinski definition) is 4. The van der Waals surface area contributed by atoms with E-state index < -0.39 is 9.84 Å². The largest absolute Gasteiger partial charge is 0.497 e. The standard InChI is InChI=1S/C12H17NO3S/c1-16-10-3-4-11(9-5-6-13-8-9)12(7-10)17(2,14)15/h3-4,7,9,13H,5-6,8H2,1-2H3. The van der Waals surface area contributed by atoms with E-state index in [9.17, 15) is 8.42 Å². The first-order valence-corrected chi connectivity index (χ1v) is 7.50. The van der Waals surface area contributed by atoms with E-state index in [2.05, 4.69) is 5.32 Å². The maximum atomic E-state index is 11.8. The third-order valence-corrected chi connectivity index (χ3v) is 4.27. The Bertz CT molecular complexity index is 504. The fourth-order valence-corrected chi connectivity index (χ4v) is 3.21. The Morgan fingerprint density at radius 2 is 2.18 bits per heavy atom. The Morgan fingerprint density at radius 3 is 2.71 bits per heavy atom. The molecule has 1 saturated heterocycles. The molecule has 1 unspecified atom stereocenters. The van der Waals surface area contributed by atoms with Crippen LogP contribution in [0.2, 0.25) is 0 Å². The van der Waals surface area contributed by atoms with Gasteiger partial charge in [0.15, 0.2) is 9.84 Å². The first-order valence-electron chi connectivity index (χ1n) is 5.61. The molecule has 1 atom stereocenters. The summed E-state index contributed by atoms with van der Waals surface area (Å²) in [5.41, 5.74) is 0.901. The second kappa shape index (κ2) is 4.66. The molecular weight excluding hydrogens is 238 g/mol. The zero-order chi connectivity index (χ0) is 12.5. The number of rotatable bonds is 3. The van der Waals surface area contributed by atoms with E-state index in [4.69, 9.17) is 4.74 Å². The predicted octanol–water partition coefficient (Wildman–Crippen LogP) is 1.18. The number of ether oxygens (including phenoxy) is 1. The number of nitrogens with one attached hydrogen (secondary N) is 1. The number of hydrogen-bond donors (Lipinski definition) is 1. The molecule has 5 heteroatoms. The van der Waals surface area contributed by atoms with Gasteiger partial charge in [-0.15, -0.1) is 0 Å². The van der Waals surface area contributed by atoms with Crippen LogP contribution >= 0.6 is 0 Å². The molecule has 0 spiro atoms. The van der Waals surface area contributed by atoms with Gasteiger partial charge in [-0.2, -0.15) is 0 Å². The molecule has 1 aliphatic heterocycles. The second-order valence-corrected chi connectivity index (χ2v) is 6.35. The molecule has 1 aromatic rings. The van der Waals surface area contributed by atoms with Crippen LogP contribution in [0.5, 0.6) is 5.75 Å². The quantitative estimate of drug-likeness (QED) is 0.881. The molecule has 17 heavy (non-hydrogen) atoms. The molecule has 1 aromatic carbocycles. The summed E-state index contributed by atoms with van der Waals surface area (Å²) in [6, 6.07) is 5.30. The molecule has 0 saturated carbocycles. The van der Waals surface area contributed by atoms with Crippen LogP contribution < -0.4 is 10.1 Å². The van der Waals surface area contributed by atoms with Gasteiger partial charge in [0.2, 0.25) is 0 Å². The molecule has 0 aliphatic carbocycles. The average Bonchev–Trinajstić information content (AvgIpc) is 2.80. The Hall–Kier alpha value is -1.07. The summed E-state index contributed by atoms with van der Waals surface area (Å²) in [5, 5.41) is 3.25. The summed E-state index contributed by atoms with van der Waals surface area (Å²) in [7, 11) is -1.67. The molecule has 1 aliphatic rings. The normalized spacial score (nSPS) is 20.5. The van der Waals surface area contributed by atoms with E-state index in [1.807, 2.05) is 12.1 Å². The Balaban J connectivity index is 2.50. The van der Waals surface area contributed by atoms with E-state index in [1.54, 1.807) is 6.07 Å². The Labute approximate surface area is 102 Å². The molecule has 0 aromatic heterocycles. The minimum absolute atomic E-state index is 0.283. The minimum Gasteiger partial charge on any atom is -0.497 e. The van der Waals surface area contributed by atoms with E-state index in [1.165, 1.54) is 13.4 Å². The van der Waals surface area contributed by atoms with Crippen molar-refractivity contribution in [3.05, 3.63) is 23.8 Å². The van der Waals surface area contributed by atoms with Gasteiger partial charge in [0.25, 0.3) is 0 Å². The van der Waals surface area contributed by atoms with Crippen molar-refractivity contribution in [2.45, 2.75) is 17.2 Å². The minimum atomic E-state index is -3.21. The van der Waals surface area contributed by atoms with Crippen molar-refractivity contribution in [1.29, 1.82) is 0 Å². The fraction of sp³-hybridized carbons (Fsp3) is 0.500. The van der Waals surface area contributed by atoms with Crippen molar-refractivity contribution in [3.8, 4) is 5.75 Å². The number of methoxy groups -OCH3 is 1. The lowest BCUT2D eigenvalue weighted by molar-refractivity contribution is 0.413. The summed E-state index contributed by atoms with van der Waals surface area (Å²) in [6.07, 6.45) is 2.22. The van der Waals surface area contributed by atoms with Gasteiger partial charge < -0.3 is 10.1 Å². The Morgan fingerprint density at radius 1 is 1.41 bits per heavy atom. The van der Waals surface area contributed by atoms with Gasteiger partial charge in [-0.1, -0.05) is 6.07 Å². The van der Waals surface area contributed by atoms with Crippen molar-refractivity contribution in [3.63, 3.8) is 0 Å². The summed E-state index contributed by atoms with van der Waals surface area (Å²) in [6.45, 7) is 1.79. The molecule has 2 rings (SSSR count). The zero-order valence-corrected chi connectivity index (χ0v) is 10.9.